The average Bonchev–Trinajstić information content (AvgIpc) is 2.88. The van der Waals surface area contributed by atoms with Crippen molar-refractivity contribution in [1.82, 2.24) is 9.97 Å². The van der Waals surface area contributed by atoms with E-state index < -0.39 is 0 Å². The van der Waals surface area contributed by atoms with Crippen molar-refractivity contribution in [2.24, 2.45) is 0 Å². The fraction of sp³-hybridized carbons (Fsp3) is 0.286. The third kappa shape index (κ3) is 3.28. The second-order valence-corrected chi connectivity index (χ2v) is 9.02. The Kier molecular flexibility index (Phi) is 4.56. The van der Waals surface area contributed by atoms with Crippen LogP contribution in [0, 0.1) is 34.6 Å². The lowest BCUT2D eigenvalue weighted by atomic mass is 10.0. The first-order valence-electron chi connectivity index (χ1n) is 8.74. The molecule has 138 valence electrons. The molecule has 0 atom stereocenters. The summed E-state index contributed by atoms with van der Waals surface area (Å²) >= 11 is 3.36. The molecule has 1 aromatic carbocycles. The Labute approximate surface area is 165 Å². The van der Waals surface area contributed by atoms with E-state index in [4.69, 9.17) is 4.42 Å². The summed E-state index contributed by atoms with van der Waals surface area (Å²) < 4.78 is 5.41. The summed E-state index contributed by atoms with van der Waals surface area (Å²) in [4.78, 5) is 23.6. The zero-order valence-electron chi connectivity index (χ0n) is 16.0. The molecule has 27 heavy (non-hydrogen) atoms. The van der Waals surface area contributed by atoms with Gasteiger partial charge in [-0.25, -0.2) is 14.8 Å². The summed E-state index contributed by atoms with van der Waals surface area (Å²) in [5, 5.41) is 3.10. The van der Waals surface area contributed by atoms with E-state index in [1.165, 1.54) is 16.0 Å². The minimum absolute atomic E-state index is 0.312. The van der Waals surface area contributed by atoms with Crippen LogP contribution in [0.4, 0.5) is 0 Å². The van der Waals surface area contributed by atoms with Crippen LogP contribution >= 0.6 is 23.1 Å². The van der Waals surface area contributed by atoms with E-state index in [1.54, 1.807) is 29.2 Å². The van der Waals surface area contributed by atoms with Crippen molar-refractivity contribution >= 4 is 44.3 Å². The first-order valence-corrected chi connectivity index (χ1v) is 10.5. The second-order valence-electron chi connectivity index (χ2n) is 6.85. The zero-order chi connectivity index (χ0) is 19.3. The number of nitrogens with zero attached hydrogens (tertiary/aromatic N) is 2. The Morgan fingerprint density at radius 2 is 1.78 bits per heavy atom. The highest BCUT2D eigenvalue weighted by atomic mass is 32.2. The lowest BCUT2D eigenvalue weighted by Gasteiger charge is -2.09. The standard InChI is InChI=1S/C21H20N2O2S2/c1-10-6-16-15(8-18(24)25-17(16)7-11(10)2)9-26-20-19-12(3)13(4)27-21(19)23-14(5)22-20/h6-8H,9H2,1-5H3. The van der Waals surface area contributed by atoms with Crippen LogP contribution in [0.2, 0.25) is 0 Å². The topological polar surface area (TPSA) is 56.0 Å². The molecule has 0 N–H and O–H groups in total. The van der Waals surface area contributed by atoms with E-state index in [0.717, 1.165) is 37.6 Å². The summed E-state index contributed by atoms with van der Waals surface area (Å²) in [5.41, 5.74) is 4.85. The number of hydrogen-bond acceptors (Lipinski definition) is 6. The van der Waals surface area contributed by atoms with Gasteiger partial charge >= 0.3 is 5.63 Å². The molecule has 4 rings (SSSR count). The minimum atomic E-state index is -0.312. The van der Waals surface area contributed by atoms with Crippen LogP contribution in [0.3, 0.4) is 0 Å². The quantitative estimate of drug-likeness (QED) is 0.255. The molecule has 3 heterocycles. The third-order valence-electron chi connectivity index (χ3n) is 4.92. The molecule has 0 saturated carbocycles. The molecule has 0 aliphatic carbocycles. The number of thioether (sulfide) groups is 1. The summed E-state index contributed by atoms with van der Waals surface area (Å²) in [6.07, 6.45) is 0. The van der Waals surface area contributed by atoms with E-state index in [-0.39, 0.29) is 5.63 Å². The number of rotatable bonds is 3. The van der Waals surface area contributed by atoms with Crippen LogP contribution < -0.4 is 5.63 Å². The van der Waals surface area contributed by atoms with Gasteiger partial charge in [-0.3, -0.25) is 0 Å². The van der Waals surface area contributed by atoms with Crippen LogP contribution in [-0.4, -0.2) is 9.97 Å². The molecule has 6 heteroatoms. The molecule has 0 saturated heterocycles. The fourth-order valence-electron chi connectivity index (χ4n) is 3.17. The Balaban J connectivity index is 1.80. The van der Waals surface area contributed by atoms with Crippen molar-refractivity contribution in [3.63, 3.8) is 0 Å². The number of hydrogen-bond donors (Lipinski definition) is 0. The van der Waals surface area contributed by atoms with Crippen molar-refractivity contribution in [2.75, 3.05) is 0 Å². The molecular formula is C21H20N2O2S2. The van der Waals surface area contributed by atoms with E-state index in [9.17, 15) is 4.79 Å². The van der Waals surface area contributed by atoms with Gasteiger partial charge in [-0.2, -0.15) is 0 Å². The molecule has 0 spiro atoms. The van der Waals surface area contributed by atoms with Gasteiger partial charge in [0.05, 0.1) is 0 Å². The molecule has 0 aliphatic heterocycles. The monoisotopic (exact) mass is 396 g/mol. The molecule has 0 fully saturated rings. The van der Waals surface area contributed by atoms with Gasteiger partial charge in [0.1, 0.15) is 21.3 Å². The van der Waals surface area contributed by atoms with Gasteiger partial charge in [0, 0.05) is 27.5 Å². The first kappa shape index (κ1) is 18.2. The van der Waals surface area contributed by atoms with Gasteiger partial charge in [-0.05, 0) is 69.0 Å². The van der Waals surface area contributed by atoms with Crippen molar-refractivity contribution in [3.05, 3.63) is 61.6 Å². The van der Waals surface area contributed by atoms with E-state index in [2.05, 4.69) is 36.8 Å². The highest BCUT2D eigenvalue weighted by Gasteiger charge is 2.15. The molecular weight excluding hydrogens is 376 g/mol. The lowest BCUT2D eigenvalue weighted by Crippen LogP contribution is -2.01. The highest BCUT2D eigenvalue weighted by Crippen LogP contribution is 2.37. The van der Waals surface area contributed by atoms with Crippen molar-refractivity contribution < 1.29 is 4.42 Å². The maximum Gasteiger partial charge on any atom is 0.336 e. The Bertz CT molecular complexity index is 1250. The van der Waals surface area contributed by atoms with Gasteiger partial charge in [0.2, 0.25) is 0 Å². The second kappa shape index (κ2) is 6.77. The van der Waals surface area contributed by atoms with Gasteiger partial charge in [0.15, 0.2) is 0 Å². The SMILES string of the molecule is Cc1nc(SCc2cc(=O)oc3cc(C)c(C)cc23)c2c(C)c(C)sc2n1. The van der Waals surface area contributed by atoms with Crippen LogP contribution in [0.25, 0.3) is 21.2 Å². The number of aromatic nitrogens is 2. The van der Waals surface area contributed by atoms with E-state index in [0.29, 0.717) is 11.3 Å². The number of thiophene rings is 1. The molecule has 0 radical (unpaired) electrons. The number of fused-ring (bicyclic) bond motifs is 2. The van der Waals surface area contributed by atoms with E-state index in [1.807, 2.05) is 19.9 Å². The number of benzene rings is 1. The van der Waals surface area contributed by atoms with Gasteiger partial charge in [0.25, 0.3) is 0 Å². The summed E-state index contributed by atoms with van der Waals surface area (Å²) in [7, 11) is 0. The van der Waals surface area contributed by atoms with Crippen molar-refractivity contribution in [3.8, 4) is 0 Å². The summed E-state index contributed by atoms with van der Waals surface area (Å²) in [6.45, 7) is 10.3. The van der Waals surface area contributed by atoms with Crippen molar-refractivity contribution in [2.45, 2.75) is 45.4 Å². The maximum atomic E-state index is 12.0. The lowest BCUT2D eigenvalue weighted by molar-refractivity contribution is 0.559. The molecule has 0 bridgehead atoms. The minimum Gasteiger partial charge on any atom is -0.423 e. The zero-order valence-corrected chi connectivity index (χ0v) is 17.6. The Morgan fingerprint density at radius 3 is 2.56 bits per heavy atom. The van der Waals surface area contributed by atoms with Crippen LogP contribution in [-0.2, 0) is 5.75 Å². The molecule has 0 amide bonds. The average molecular weight is 397 g/mol. The molecule has 4 aromatic rings. The maximum absolute atomic E-state index is 12.0. The summed E-state index contributed by atoms with van der Waals surface area (Å²) in [5.74, 6) is 1.43. The predicted octanol–water partition coefficient (Wildman–Crippen LogP) is 5.63. The van der Waals surface area contributed by atoms with Crippen LogP contribution in [0.15, 0.2) is 32.4 Å². The molecule has 0 aliphatic rings. The molecule has 4 nitrogen and oxygen atoms in total. The van der Waals surface area contributed by atoms with Gasteiger partial charge < -0.3 is 4.42 Å². The fourth-order valence-corrected chi connectivity index (χ4v) is 5.43. The first-order chi connectivity index (χ1) is 12.8. The largest absolute Gasteiger partial charge is 0.423 e. The van der Waals surface area contributed by atoms with Gasteiger partial charge in [-0.15, -0.1) is 23.1 Å². The predicted molar refractivity (Wildman–Crippen MR) is 113 cm³/mol. The Hall–Kier alpha value is -2.18. The normalized spacial score (nSPS) is 11.6. The highest BCUT2D eigenvalue weighted by molar-refractivity contribution is 7.98. The molecule has 3 aromatic heterocycles. The van der Waals surface area contributed by atoms with Crippen LogP contribution in [0.5, 0.6) is 0 Å². The third-order valence-corrected chi connectivity index (χ3v) is 7.04. The molecule has 0 unspecified atom stereocenters. The smallest absolute Gasteiger partial charge is 0.336 e. The van der Waals surface area contributed by atoms with Crippen molar-refractivity contribution in [1.29, 1.82) is 0 Å². The summed E-state index contributed by atoms with van der Waals surface area (Å²) in [6, 6.07) is 5.64. The number of aryl methyl sites for hydroxylation is 5. The Morgan fingerprint density at radius 1 is 1.04 bits per heavy atom. The van der Waals surface area contributed by atoms with Crippen LogP contribution in [0.1, 0.15) is 33.0 Å². The van der Waals surface area contributed by atoms with Gasteiger partial charge in [-0.1, -0.05) is 0 Å². The van der Waals surface area contributed by atoms with E-state index >= 15 is 0 Å².